The third-order valence-corrected chi connectivity index (χ3v) is 3.82. The number of hydrogen-bond donors (Lipinski definition) is 3. The van der Waals surface area contributed by atoms with Crippen molar-refractivity contribution in [3.05, 3.63) is 70.2 Å². The molecule has 0 fully saturated rings. The fourth-order valence-electron chi connectivity index (χ4n) is 2.66. The molecule has 0 aliphatic carbocycles. The van der Waals surface area contributed by atoms with Crippen LogP contribution in [0.1, 0.15) is 15.9 Å². The highest BCUT2D eigenvalue weighted by molar-refractivity contribution is 6.05. The topological polar surface area (TPSA) is 90.9 Å². The molecule has 4 aromatic rings. The zero-order chi connectivity index (χ0) is 15.8. The van der Waals surface area contributed by atoms with E-state index in [1.54, 1.807) is 24.5 Å². The molecule has 0 radical (unpaired) electrons. The molecule has 0 spiro atoms. The summed E-state index contributed by atoms with van der Waals surface area (Å²) in [5, 5.41) is 9.45. The van der Waals surface area contributed by atoms with E-state index in [4.69, 9.17) is 4.42 Å². The Morgan fingerprint density at radius 1 is 1.13 bits per heavy atom. The average Bonchev–Trinajstić information content (AvgIpc) is 3.19. The second-order valence-electron chi connectivity index (χ2n) is 5.28. The Hall–Kier alpha value is -3.28. The molecule has 114 valence electrons. The lowest BCUT2D eigenvalue weighted by atomic mass is 10.1. The van der Waals surface area contributed by atoms with Gasteiger partial charge in [0.25, 0.3) is 11.5 Å². The van der Waals surface area contributed by atoms with Gasteiger partial charge in [-0.25, -0.2) is 0 Å². The molecule has 3 N–H and O–H groups in total. The molecule has 4 rings (SSSR count). The zero-order valence-electron chi connectivity index (χ0n) is 12.1. The van der Waals surface area contributed by atoms with Gasteiger partial charge >= 0.3 is 0 Å². The third kappa shape index (κ3) is 2.30. The first-order valence-electron chi connectivity index (χ1n) is 7.16. The van der Waals surface area contributed by atoms with Gasteiger partial charge in [0, 0.05) is 11.9 Å². The molecule has 0 saturated heterocycles. The van der Waals surface area contributed by atoms with Crippen molar-refractivity contribution in [2.24, 2.45) is 0 Å². The van der Waals surface area contributed by atoms with E-state index >= 15 is 0 Å². The Morgan fingerprint density at radius 3 is 2.96 bits per heavy atom. The molecule has 0 unspecified atom stereocenters. The first-order chi connectivity index (χ1) is 11.2. The van der Waals surface area contributed by atoms with Crippen molar-refractivity contribution < 1.29 is 9.21 Å². The van der Waals surface area contributed by atoms with Gasteiger partial charge in [-0.1, -0.05) is 18.2 Å². The van der Waals surface area contributed by atoms with Crippen LogP contribution in [0.15, 0.2) is 57.9 Å². The van der Waals surface area contributed by atoms with Crippen LogP contribution in [0.2, 0.25) is 0 Å². The third-order valence-electron chi connectivity index (χ3n) is 3.82. The summed E-state index contributed by atoms with van der Waals surface area (Å²) >= 11 is 0. The Kier molecular flexibility index (Phi) is 3.01. The molecule has 6 heteroatoms. The van der Waals surface area contributed by atoms with E-state index in [0.717, 1.165) is 16.5 Å². The molecular weight excluding hydrogens is 294 g/mol. The maximum absolute atomic E-state index is 12.4. The van der Waals surface area contributed by atoms with Gasteiger partial charge in [0.05, 0.1) is 22.7 Å². The Balaban J connectivity index is 1.59. The number of carbonyl (C=O) groups excluding carboxylic acids is 1. The quantitative estimate of drug-likeness (QED) is 0.543. The molecule has 0 saturated carbocycles. The summed E-state index contributed by atoms with van der Waals surface area (Å²) < 4.78 is 5.35. The van der Waals surface area contributed by atoms with E-state index in [1.165, 1.54) is 0 Å². The van der Waals surface area contributed by atoms with Crippen molar-refractivity contribution in [2.75, 3.05) is 0 Å². The van der Waals surface area contributed by atoms with Gasteiger partial charge in [0.15, 0.2) is 0 Å². The molecule has 0 bridgehead atoms. The van der Waals surface area contributed by atoms with Crippen LogP contribution in [-0.4, -0.2) is 16.1 Å². The smallest absolute Gasteiger partial charge is 0.272 e. The first kappa shape index (κ1) is 13.4. The molecule has 1 amide bonds. The number of carbonyl (C=O) groups is 1. The molecule has 6 nitrogen and oxygen atoms in total. The Labute approximate surface area is 130 Å². The summed E-state index contributed by atoms with van der Waals surface area (Å²) in [7, 11) is 0. The number of nitrogens with one attached hydrogen (secondary N) is 3. The zero-order valence-corrected chi connectivity index (χ0v) is 12.1. The fraction of sp³-hybridized carbons (Fsp3) is 0.0588. The summed E-state index contributed by atoms with van der Waals surface area (Å²) in [5.74, 6) is -0.291. The van der Waals surface area contributed by atoms with Crippen LogP contribution in [0.4, 0.5) is 0 Å². The van der Waals surface area contributed by atoms with E-state index in [-0.39, 0.29) is 11.5 Å². The predicted octanol–water partition coefficient (Wildman–Crippen LogP) is 2.53. The Morgan fingerprint density at radius 2 is 2.04 bits per heavy atom. The van der Waals surface area contributed by atoms with Gasteiger partial charge < -0.3 is 9.73 Å². The van der Waals surface area contributed by atoms with Gasteiger partial charge in [-0.3, -0.25) is 19.8 Å². The van der Waals surface area contributed by atoms with Crippen LogP contribution in [0.25, 0.3) is 21.9 Å². The number of rotatable bonds is 3. The van der Waals surface area contributed by atoms with Gasteiger partial charge in [0.2, 0.25) is 0 Å². The monoisotopic (exact) mass is 307 g/mol. The first-order valence-corrected chi connectivity index (χ1v) is 7.16. The lowest BCUT2D eigenvalue weighted by Gasteiger charge is -2.06. The van der Waals surface area contributed by atoms with Crippen molar-refractivity contribution in [2.45, 2.75) is 6.54 Å². The minimum atomic E-state index is -0.303. The van der Waals surface area contributed by atoms with Crippen molar-refractivity contribution >= 4 is 27.8 Å². The second kappa shape index (κ2) is 5.17. The largest absolute Gasteiger partial charge is 0.464 e. The molecular formula is C17H13N3O3. The summed E-state index contributed by atoms with van der Waals surface area (Å²) in [6.07, 6.45) is 1.63. The molecule has 2 aromatic carbocycles. The van der Waals surface area contributed by atoms with E-state index in [2.05, 4.69) is 15.5 Å². The van der Waals surface area contributed by atoms with Crippen molar-refractivity contribution in [3.63, 3.8) is 0 Å². The minimum Gasteiger partial charge on any atom is -0.464 e. The Bertz CT molecular complexity index is 1070. The van der Waals surface area contributed by atoms with Crippen LogP contribution >= 0.6 is 0 Å². The lowest BCUT2D eigenvalue weighted by molar-refractivity contribution is 0.0952. The summed E-state index contributed by atoms with van der Waals surface area (Å²) in [5.41, 5.74) is 2.36. The standard InChI is InChI=1S/C17H13N3O3/c21-16(12-2-1-3-13-15(12)17(22)20-19-13)18-9-10-4-5-11-6-7-23-14(11)8-10/h1-8H,9H2,(H,18,21)(H2,19,20,22). The van der Waals surface area contributed by atoms with Gasteiger partial charge in [-0.05, 0) is 29.8 Å². The van der Waals surface area contributed by atoms with Gasteiger partial charge in [0.1, 0.15) is 5.58 Å². The number of amides is 1. The molecule has 0 atom stereocenters. The second-order valence-corrected chi connectivity index (χ2v) is 5.28. The summed E-state index contributed by atoms with van der Waals surface area (Å²) in [6, 6.07) is 12.8. The van der Waals surface area contributed by atoms with Crippen molar-refractivity contribution in [3.8, 4) is 0 Å². The van der Waals surface area contributed by atoms with Crippen molar-refractivity contribution in [1.82, 2.24) is 15.5 Å². The minimum absolute atomic E-state index is 0.291. The molecule has 2 aromatic heterocycles. The molecule has 0 aliphatic heterocycles. The van der Waals surface area contributed by atoms with Crippen LogP contribution in [0.3, 0.4) is 0 Å². The van der Waals surface area contributed by atoms with E-state index in [9.17, 15) is 9.59 Å². The number of H-pyrrole nitrogens is 2. The SMILES string of the molecule is O=C(NCc1ccc2ccoc2c1)c1cccc2[nH][nH]c(=O)c12. The normalized spacial score (nSPS) is 11.1. The maximum atomic E-state index is 12.4. The summed E-state index contributed by atoms with van der Waals surface area (Å²) in [4.78, 5) is 24.2. The predicted molar refractivity (Wildman–Crippen MR) is 86.3 cm³/mol. The maximum Gasteiger partial charge on any atom is 0.272 e. The number of furan rings is 1. The van der Waals surface area contributed by atoms with E-state index in [1.807, 2.05) is 24.3 Å². The highest BCUT2D eigenvalue weighted by Gasteiger charge is 2.13. The lowest BCUT2D eigenvalue weighted by Crippen LogP contribution is -2.23. The fourth-order valence-corrected chi connectivity index (χ4v) is 2.66. The number of hydrogen-bond acceptors (Lipinski definition) is 3. The van der Waals surface area contributed by atoms with E-state index in [0.29, 0.717) is 23.0 Å². The highest BCUT2D eigenvalue weighted by Crippen LogP contribution is 2.17. The number of aromatic nitrogens is 2. The van der Waals surface area contributed by atoms with Crippen LogP contribution in [-0.2, 0) is 6.54 Å². The van der Waals surface area contributed by atoms with Gasteiger partial charge in [-0.2, -0.15) is 0 Å². The van der Waals surface area contributed by atoms with Crippen LogP contribution in [0, 0.1) is 0 Å². The number of benzene rings is 2. The summed E-state index contributed by atoms with van der Waals surface area (Å²) in [6.45, 7) is 0.355. The molecule has 23 heavy (non-hydrogen) atoms. The highest BCUT2D eigenvalue weighted by atomic mass is 16.3. The van der Waals surface area contributed by atoms with Gasteiger partial charge in [-0.15, -0.1) is 0 Å². The van der Waals surface area contributed by atoms with Crippen LogP contribution in [0.5, 0.6) is 0 Å². The number of fused-ring (bicyclic) bond motifs is 2. The molecule has 2 heterocycles. The number of aromatic amines is 2. The molecule has 0 aliphatic rings. The average molecular weight is 307 g/mol. The van der Waals surface area contributed by atoms with E-state index < -0.39 is 0 Å². The van der Waals surface area contributed by atoms with Crippen molar-refractivity contribution in [1.29, 1.82) is 0 Å². The van der Waals surface area contributed by atoms with Crippen LogP contribution < -0.4 is 10.9 Å².